The summed E-state index contributed by atoms with van der Waals surface area (Å²) >= 11 is 5.85. The van der Waals surface area contributed by atoms with Crippen LogP contribution in [0.15, 0.2) is 12.1 Å². The second-order valence-corrected chi connectivity index (χ2v) is 3.05. The van der Waals surface area contributed by atoms with Gasteiger partial charge in [0.05, 0.1) is 17.5 Å². The van der Waals surface area contributed by atoms with Gasteiger partial charge >= 0.3 is 0 Å². The summed E-state index contributed by atoms with van der Waals surface area (Å²) in [6, 6.07) is 4.72. The Balaban J connectivity index is 3.09. The zero-order valence-electron chi connectivity index (χ0n) is 7.56. The minimum atomic E-state index is -0.346. The molecule has 0 radical (unpaired) electrons. The van der Waals surface area contributed by atoms with E-state index in [2.05, 4.69) is 11.8 Å². The van der Waals surface area contributed by atoms with Gasteiger partial charge in [-0.15, -0.1) is 0 Å². The molecule has 14 heavy (non-hydrogen) atoms. The fourth-order valence-corrected chi connectivity index (χ4v) is 1.14. The summed E-state index contributed by atoms with van der Waals surface area (Å²) in [4.78, 5) is 0. The van der Waals surface area contributed by atoms with E-state index in [1.54, 1.807) is 6.92 Å². The standard InChI is InChI=1S/C11H7ClFN/c1-8-10(13)6-5-9(11(8)12)4-2-3-7-14/h5-6H,3H2,1H3. The van der Waals surface area contributed by atoms with Gasteiger partial charge in [0.15, 0.2) is 0 Å². The predicted octanol–water partition coefficient (Wildman–Crippen LogP) is 3.05. The lowest BCUT2D eigenvalue weighted by Crippen LogP contribution is -1.87. The lowest BCUT2D eigenvalue weighted by molar-refractivity contribution is 0.618. The highest BCUT2D eigenvalue weighted by atomic mass is 35.5. The van der Waals surface area contributed by atoms with Crippen molar-refractivity contribution >= 4 is 11.6 Å². The van der Waals surface area contributed by atoms with Gasteiger partial charge in [0.1, 0.15) is 5.82 Å². The van der Waals surface area contributed by atoms with Crippen molar-refractivity contribution in [1.82, 2.24) is 0 Å². The molecule has 0 spiro atoms. The van der Waals surface area contributed by atoms with E-state index >= 15 is 0 Å². The fourth-order valence-electron chi connectivity index (χ4n) is 0.937. The average Bonchev–Trinajstić information content (AvgIpc) is 2.18. The van der Waals surface area contributed by atoms with Gasteiger partial charge in [-0.2, -0.15) is 5.26 Å². The quantitative estimate of drug-likeness (QED) is 0.600. The van der Waals surface area contributed by atoms with E-state index in [0.717, 1.165) is 0 Å². The van der Waals surface area contributed by atoms with Crippen LogP contribution >= 0.6 is 11.6 Å². The molecular weight excluding hydrogens is 201 g/mol. The molecule has 0 aliphatic carbocycles. The van der Waals surface area contributed by atoms with Crippen LogP contribution in [0.4, 0.5) is 4.39 Å². The van der Waals surface area contributed by atoms with E-state index in [0.29, 0.717) is 16.1 Å². The number of hydrogen-bond acceptors (Lipinski definition) is 1. The van der Waals surface area contributed by atoms with Gasteiger partial charge in [-0.05, 0) is 19.1 Å². The third-order valence-corrected chi connectivity index (χ3v) is 2.20. The highest BCUT2D eigenvalue weighted by Gasteiger charge is 2.05. The Morgan fingerprint density at radius 2 is 2.21 bits per heavy atom. The Hall–Kier alpha value is -1.51. The first kappa shape index (κ1) is 10.6. The summed E-state index contributed by atoms with van der Waals surface area (Å²) in [5.74, 6) is 4.99. The van der Waals surface area contributed by atoms with Crippen LogP contribution in [0.2, 0.25) is 5.02 Å². The van der Waals surface area contributed by atoms with Crippen LogP contribution in [-0.4, -0.2) is 0 Å². The summed E-state index contributed by atoms with van der Waals surface area (Å²) in [5, 5.41) is 8.58. The third kappa shape index (κ3) is 2.25. The Bertz CT molecular complexity index is 449. The Labute approximate surface area is 87.1 Å². The topological polar surface area (TPSA) is 23.8 Å². The maximum atomic E-state index is 13.0. The normalized spacial score (nSPS) is 8.71. The van der Waals surface area contributed by atoms with E-state index in [9.17, 15) is 4.39 Å². The monoisotopic (exact) mass is 207 g/mol. The van der Waals surface area contributed by atoms with Gasteiger partial charge < -0.3 is 0 Å². The van der Waals surface area contributed by atoms with Crippen molar-refractivity contribution in [2.75, 3.05) is 0 Å². The largest absolute Gasteiger partial charge is 0.207 e. The molecule has 0 saturated heterocycles. The molecule has 1 aromatic carbocycles. The second kappa shape index (κ2) is 4.65. The van der Waals surface area contributed by atoms with E-state index in [-0.39, 0.29) is 12.2 Å². The van der Waals surface area contributed by atoms with Crippen molar-refractivity contribution in [1.29, 1.82) is 5.26 Å². The molecule has 0 amide bonds. The number of nitriles is 1. The van der Waals surface area contributed by atoms with Crippen LogP contribution < -0.4 is 0 Å². The summed E-state index contributed by atoms with van der Waals surface area (Å²) in [5.41, 5.74) is 0.941. The van der Waals surface area contributed by atoms with Gasteiger partial charge in [0, 0.05) is 11.1 Å². The molecule has 1 rings (SSSR count). The van der Waals surface area contributed by atoms with Gasteiger partial charge in [-0.1, -0.05) is 23.4 Å². The second-order valence-electron chi connectivity index (χ2n) is 2.67. The van der Waals surface area contributed by atoms with E-state index in [1.807, 2.05) is 6.07 Å². The SMILES string of the molecule is Cc1c(F)ccc(C#CCC#N)c1Cl. The zero-order valence-corrected chi connectivity index (χ0v) is 8.32. The average molecular weight is 208 g/mol. The van der Waals surface area contributed by atoms with Gasteiger partial charge in [0.2, 0.25) is 0 Å². The molecule has 70 valence electrons. The first-order valence-electron chi connectivity index (χ1n) is 3.97. The van der Waals surface area contributed by atoms with Crippen LogP contribution in [0, 0.1) is 35.9 Å². The summed E-state index contributed by atoms with van der Waals surface area (Å²) in [6.07, 6.45) is 0.146. The summed E-state index contributed by atoms with van der Waals surface area (Å²) in [6.45, 7) is 1.59. The molecule has 0 aliphatic rings. The molecule has 0 atom stereocenters. The molecule has 3 heteroatoms. The summed E-state index contributed by atoms with van der Waals surface area (Å²) in [7, 11) is 0. The lowest BCUT2D eigenvalue weighted by atomic mass is 10.1. The predicted molar refractivity (Wildman–Crippen MR) is 53.3 cm³/mol. The summed E-state index contributed by atoms with van der Waals surface area (Å²) < 4.78 is 13.0. The fraction of sp³-hybridized carbons (Fsp3) is 0.182. The first-order valence-corrected chi connectivity index (χ1v) is 4.35. The molecule has 0 N–H and O–H groups in total. The van der Waals surface area contributed by atoms with E-state index in [1.165, 1.54) is 12.1 Å². The molecule has 0 fully saturated rings. The highest BCUT2D eigenvalue weighted by molar-refractivity contribution is 6.32. The molecule has 0 heterocycles. The molecule has 0 bridgehead atoms. The molecule has 1 aromatic rings. The number of hydrogen-bond donors (Lipinski definition) is 0. The van der Waals surface area contributed by atoms with Gasteiger partial charge in [-0.3, -0.25) is 0 Å². The number of nitrogens with zero attached hydrogens (tertiary/aromatic N) is 1. The highest BCUT2D eigenvalue weighted by Crippen LogP contribution is 2.22. The van der Waals surface area contributed by atoms with Crippen molar-refractivity contribution in [2.45, 2.75) is 13.3 Å². The Morgan fingerprint density at radius 1 is 1.50 bits per heavy atom. The minimum Gasteiger partial charge on any atom is -0.207 e. The van der Waals surface area contributed by atoms with Crippen LogP contribution in [0.1, 0.15) is 17.5 Å². The molecular formula is C11H7ClFN. The smallest absolute Gasteiger partial charge is 0.127 e. The zero-order chi connectivity index (χ0) is 10.6. The first-order chi connectivity index (χ1) is 6.66. The third-order valence-electron chi connectivity index (χ3n) is 1.71. The van der Waals surface area contributed by atoms with Crippen LogP contribution in [0.3, 0.4) is 0 Å². The maximum absolute atomic E-state index is 13.0. The van der Waals surface area contributed by atoms with Crippen LogP contribution in [0.25, 0.3) is 0 Å². The van der Waals surface area contributed by atoms with Crippen molar-refractivity contribution in [3.63, 3.8) is 0 Å². The van der Waals surface area contributed by atoms with Crippen LogP contribution in [0.5, 0.6) is 0 Å². The maximum Gasteiger partial charge on any atom is 0.127 e. The number of benzene rings is 1. The Morgan fingerprint density at radius 3 is 2.86 bits per heavy atom. The van der Waals surface area contributed by atoms with Crippen molar-refractivity contribution in [2.24, 2.45) is 0 Å². The number of rotatable bonds is 0. The van der Waals surface area contributed by atoms with E-state index < -0.39 is 0 Å². The van der Waals surface area contributed by atoms with Crippen molar-refractivity contribution in [3.05, 3.63) is 34.1 Å². The molecule has 0 aliphatic heterocycles. The van der Waals surface area contributed by atoms with Gasteiger partial charge in [0.25, 0.3) is 0 Å². The van der Waals surface area contributed by atoms with Crippen molar-refractivity contribution in [3.8, 4) is 17.9 Å². The van der Waals surface area contributed by atoms with E-state index in [4.69, 9.17) is 16.9 Å². The van der Waals surface area contributed by atoms with Gasteiger partial charge in [-0.25, -0.2) is 4.39 Å². The molecule has 0 saturated carbocycles. The molecule has 1 nitrogen and oxygen atoms in total. The lowest BCUT2D eigenvalue weighted by Gasteiger charge is -2.01. The number of halogens is 2. The minimum absolute atomic E-state index is 0.146. The molecule has 0 aromatic heterocycles. The Kier molecular flexibility index (Phi) is 3.51. The molecule has 0 unspecified atom stereocenters. The van der Waals surface area contributed by atoms with Crippen molar-refractivity contribution < 1.29 is 4.39 Å². The van der Waals surface area contributed by atoms with Crippen LogP contribution in [-0.2, 0) is 0 Å².